The SMILES string of the molecule is Cc1cccc(C(=O)Nc2ccccc2C(=O)N2CCC3CCC(C2)N3)c1. The summed E-state index contributed by atoms with van der Waals surface area (Å²) in [5.74, 6) is -0.208. The highest BCUT2D eigenvalue weighted by molar-refractivity contribution is 6.09. The number of carbonyl (C=O) groups is 2. The third-order valence-electron chi connectivity index (χ3n) is 5.50. The maximum absolute atomic E-state index is 13.2. The summed E-state index contributed by atoms with van der Waals surface area (Å²) in [5, 5.41) is 6.52. The minimum absolute atomic E-state index is 0.00973. The van der Waals surface area contributed by atoms with Crippen LogP contribution in [0.15, 0.2) is 48.5 Å². The first-order chi connectivity index (χ1) is 13.1. The van der Waals surface area contributed by atoms with Gasteiger partial charge < -0.3 is 15.5 Å². The molecule has 2 atom stereocenters. The van der Waals surface area contributed by atoms with Crippen molar-refractivity contribution in [3.8, 4) is 0 Å². The number of aryl methyl sites for hydroxylation is 1. The van der Waals surface area contributed by atoms with E-state index in [0.717, 1.165) is 31.5 Å². The minimum atomic E-state index is -0.199. The van der Waals surface area contributed by atoms with Crippen LogP contribution in [-0.2, 0) is 0 Å². The zero-order valence-electron chi connectivity index (χ0n) is 15.6. The summed E-state index contributed by atoms with van der Waals surface area (Å²) < 4.78 is 0. The normalized spacial score (nSPS) is 21.6. The van der Waals surface area contributed by atoms with Gasteiger partial charge in [0.15, 0.2) is 0 Å². The Morgan fingerprint density at radius 3 is 2.70 bits per heavy atom. The van der Waals surface area contributed by atoms with Gasteiger partial charge in [-0.25, -0.2) is 0 Å². The molecule has 0 aromatic heterocycles. The fourth-order valence-corrected chi connectivity index (χ4v) is 4.06. The van der Waals surface area contributed by atoms with Crippen molar-refractivity contribution in [3.63, 3.8) is 0 Å². The molecule has 2 amide bonds. The standard InChI is InChI=1S/C22H25N3O2/c1-15-5-4-6-16(13-15)21(26)24-20-8-3-2-7-19(20)22(27)25-12-11-17-9-10-18(14-25)23-17/h2-8,13,17-18,23H,9-12,14H2,1H3,(H,24,26). The second-order valence-corrected chi connectivity index (χ2v) is 7.55. The van der Waals surface area contributed by atoms with Gasteiger partial charge in [0.2, 0.25) is 0 Å². The summed E-state index contributed by atoms with van der Waals surface area (Å²) in [6.45, 7) is 3.44. The van der Waals surface area contributed by atoms with Gasteiger partial charge in [0.1, 0.15) is 0 Å². The average Bonchev–Trinajstić information content (AvgIpc) is 3.00. The number of likely N-dealkylation sites (tertiary alicyclic amines) is 1. The molecule has 2 heterocycles. The van der Waals surface area contributed by atoms with Gasteiger partial charge in [0.25, 0.3) is 11.8 Å². The predicted molar refractivity (Wildman–Crippen MR) is 106 cm³/mol. The van der Waals surface area contributed by atoms with Gasteiger partial charge in [0.05, 0.1) is 11.3 Å². The molecule has 4 rings (SSSR count). The Hall–Kier alpha value is -2.66. The van der Waals surface area contributed by atoms with E-state index in [0.29, 0.717) is 28.9 Å². The van der Waals surface area contributed by atoms with Gasteiger partial charge in [-0.05, 0) is 50.5 Å². The number of fused-ring (bicyclic) bond motifs is 2. The van der Waals surface area contributed by atoms with Crippen molar-refractivity contribution >= 4 is 17.5 Å². The third-order valence-corrected chi connectivity index (χ3v) is 5.50. The molecule has 27 heavy (non-hydrogen) atoms. The van der Waals surface area contributed by atoms with E-state index in [9.17, 15) is 9.59 Å². The summed E-state index contributed by atoms with van der Waals surface area (Å²) >= 11 is 0. The van der Waals surface area contributed by atoms with Gasteiger partial charge in [0, 0.05) is 30.7 Å². The predicted octanol–water partition coefficient (Wildman–Crippen LogP) is 3.21. The van der Waals surface area contributed by atoms with Gasteiger partial charge in [-0.2, -0.15) is 0 Å². The van der Waals surface area contributed by atoms with Crippen LogP contribution in [0.2, 0.25) is 0 Å². The molecule has 2 fully saturated rings. The summed E-state index contributed by atoms with van der Waals surface area (Å²) in [7, 11) is 0. The van der Waals surface area contributed by atoms with Crippen molar-refractivity contribution in [2.24, 2.45) is 0 Å². The lowest BCUT2D eigenvalue weighted by molar-refractivity contribution is 0.0749. The molecule has 2 unspecified atom stereocenters. The lowest BCUT2D eigenvalue weighted by Crippen LogP contribution is -2.39. The quantitative estimate of drug-likeness (QED) is 0.880. The zero-order valence-corrected chi connectivity index (χ0v) is 15.6. The molecule has 2 aromatic rings. The first kappa shape index (κ1) is 17.7. The Labute approximate surface area is 159 Å². The molecule has 0 saturated carbocycles. The molecule has 5 nitrogen and oxygen atoms in total. The summed E-state index contributed by atoms with van der Waals surface area (Å²) in [4.78, 5) is 27.7. The number of hydrogen-bond acceptors (Lipinski definition) is 3. The van der Waals surface area contributed by atoms with Crippen molar-refractivity contribution < 1.29 is 9.59 Å². The van der Waals surface area contributed by atoms with Crippen molar-refractivity contribution in [3.05, 3.63) is 65.2 Å². The van der Waals surface area contributed by atoms with Gasteiger partial charge in [-0.3, -0.25) is 9.59 Å². The van der Waals surface area contributed by atoms with Crippen LogP contribution < -0.4 is 10.6 Å². The monoisotopic (exact) mass is 363 g/mol. The van der Waals surface area contributed by atoms with E-state index in [1.165, 1.54) is 6.42 Å². The highest BCUT2D eigenvalue weighted by atomic mass is 16.2. The molecule has 2 aliphatic heterocycles. The van der Waals surface area contributed by atoms with Crippen LogP contribution in [-0.4, -0.2) is 41.9 Å². The number of nitrogens with one attached hydrogen (secondary N) is 2. The maximum Gasteiger partial charge on any atom is 0.256 e. The van der Waals surface area contributed by atoms with Gasteiger partial charge >= 0.3 is 0 Å². The molecular formula is C22H25N3O2. The largest absolute Gasteiger partial charge is 0.337 e. The van der Waals surface area contributed by atoms with Gasteiger partial charge in [-0.15, -0.1) is 0 Å². The fraction of sp³-hybridized carbons (Fsp3) is 0.364. The highest BCUT2D eigenvalue weighted by Gasteiger charge is 2.32. The van der Waals surface area contributed by atoms with Crippen LogP contribution in [0, 0.1) is 6.92 Å². The third kappa shape index (κ3) is 3.88. The summed E-state index contributed by atoms with van der Waals surface area (Å²) in [5.41, 5.74) is 2.74. The molecule has 2 N–H and O–H groups in total. The lowest BCUT2D eigenvalue weighted by Gasteiger charge is -2.25. The van der Waals surface area contributed by atoms with Crippen LogP contribution in [0.1, 0.15) is 45.5 Å². The van der Waals surface area contributed by atoms with E-state index in [1.54, 1.807) is 18.2 Å². The zero-order chi connectivity index (χ0) is 18.8. The number of anilines is 1. The molecule has 0 spiro atoms. The molecule has 2 saturated heterocycles. The number of rotatable bonds is 3. The molecule has 140 valence electrons. The second kappa shape index (κ2) is 7.53. The topological polar surface area (TPSA) is 61.4 Å². The van der Waals surface area contributed by atoms with Crippen molar-refractivity contribution in [1.29, 1.82) is 0 Å². The van der Waals surface area contributed by atoms with Crippen LogP contribution in [0.25, 0.3) is 0 Å². The van der Waals surface area contributed by atoms with E-state index >= 15 is 0 Å². The van der Waals surface area contributed by atoms with Crippen molar-refractivity contribution in [2.75, 3.05) is 18.4 Å². The molecule has 2 aromatic carbocycles. The Balaban J connectivity index is 1.54. The summed E-state index contributed by atoms with van der Waals surface area (Å²) in [6, 6.07) is 15.6. The average molecular weight is 363 g/mol. The fourth-order valence-electron chi connectivity index (χ4n) is 4.06. The number of carbonyl (C=O) groups excluding carboxylic acids is 2. The molecule has 2 aliphatic rings. The lowest BCUT2D eigenvalue weighted by atomic mass is 10.1. The van der Waals surface area contributed by atoms with Crippen molar-refractivity contribution in [1.82, 2.24) is 10.2 Å². The number of amides is 2. The van der Waals surface area contributed by atoms with E-state index in [4.69, 9.17) is 0 Å². The Kier molecular flexibility index (Phi) is 4.94. The maximum atomic E-state index is 13.2. The Bertz CT molecular complexity index is 864. The Morgan fingerprint density at radius 1 is 1.04 bits per heavy atom. The Morgan fingerprint density at radius 2 is 1.85 bits per heavy atom. The first-order valence-corrected chi connectivity index (χ1v) is 9.62. The van der Waals surface area contributed by atoms with Crippen LogP contribution in [0.5, 0.6) is 0 Å². The molecular weight excluding hydrogens is 338 g/mol. The number of hydrogen-bond donors (Lipinski definition) is 2. The highest BCUT2D eigenvalue weighted by Crippen LogP contribution is 2.24. The second-order valence-electron chi connectivity index (χ2n) is 7.55. The van der Waals surface area contributed by atoms with E-state index in [2.05, 4.69) is 10.6 Å². The smallest absolute Gasteiger partial charge is 0.256 e. The van der Waals surface area contributed by atoms with E-state index in [-0.39, 0.29) is 11.8 Å². The van der Waals surface area contributed by atoms with Crippen LogP contribution in [0.3, 0.4) is 0 Å². The van der Waals surface area contributed by atoms with Crippen LogP contribution >= 0.6 is 0 Å². The molecule has 5 heteroatoms. The molecule has 0 aliphatic carbocycles. The summed E-state index contributed by atoms with van der Waals surface area (Å²) in [6.07, 6.45) is 3.32. The van der Waals surface area contributed by atoms with Crippen LogP contribution in [0.4, 0.5) is 5.69 Å². The van der Waals surface area contributed by atoms with E-state index < -0.39 is 0 Å². The molecule has 0 radical (unpaired) electrons. The number of benzene rings is 2. The van der Waals surface area contributed by atoms with Crippen molar-refractivity contribution in [2.45, 2.75) is 38.3 Å². The number of nitrogens with zero attached hydrogens (tertiary/aromatic N) is 1. The van der Waals surface area contributed by atoms with E-state index in [1.807, 2.05) is 42.2 Å². The minimum Gasteiger partial charge on any atom is -0.337 e. The first-order valence-electron chi connectivity index (χ1n) is 9.62. The van der Waals surface area contributed by atoms with Gasteiger partial charge in [-0.1, -0.05) is 29.8 Å². The number of para-hydroxylation sites is 1. The molecule has 2 bridgehead atoms.